The molecule has 2 N–H and O–H groups in total. The zero-order valence-corrected chi connectivity index (χ0v) is 13.3. The number of anilines is 2. The molecule has 6 heteroatoms. The van der Waals surface area contributed by atoms with Gasteiger partial charge in [-0.15, -0.1) is 0 Å². The second-order valence-corrected chi connectivity index (χ2v) is 5.87. The van der Waals surface area contributed by atoms with E-state index >= 15 is 0 Å². The van der Waals surface area contributed by atoms with Crippen LogP contribution in [-0.4, -0.2) is 22.6 Å². The van der Waals surface area contributed by atoms with E-state index in [9.17, 15) is 9.59 Å². The summed E-state index contributed by atoms with van der Waals surface area (Å²) in [6.45, 7) is 5.38. The highest BCUT2D eigenvalue weighted by atomic mass is 16.6. The molecule has 0 fully saturated rings. The summed E-state index contributed by atoms with van der Waals surface area (Å²) < 4.78 is 5.17. The lowest BCUT2D eigenvalue weighted by Gasteiger charge is -2.19. The van der Waals surface area contributed by atoms with Gasteiger partial charge in [0.25, 0.3) is 5.91 Å². The molecule has 1 aromatic heterocycles. The predicted octanol–water partition coefficient (Wildman–Crippen LogP) is 3.68. The van der Waals surface area contributed by atoms with Crippen molar-refractivity contribution < 1.29 is 14.3 Å². The first-order chi connectivity index (χ1) is 10.8. The number of benzene rings is 1. The van der Waals surface area contributed by atoms with Gasteiger partial charge in [-0.25, -0.2) is 4.79 Å². The molecular formula is C17H19N3O3. The third-order valence-electron chi connectivity index (χ3n) is 2.69. The molecule has 0 unspecified atom stereocenters. The van der Waals surface area contributed by atoms with Gasteiger partial charge in [0.2, 0.25) is 0 Å². The molecule has 0 bridgehead atoms. The van der Waals surface area contributed by atoms with Crippen LogP contribution in [0.15, 0.2) is 48.7 Å². The molecule has 6 nitrogen and oxygen atoms in total. The molecule has 0 radical (unpaired) electrons. The predicted molar refractivity (Wildman–Crippen MR) is 88.5 cm³/mol. The number of hydrogen-bond donors (Lipinski definition) is 2. The fourth-order valence-corrected chi connectivity index (χ4v) is 1.75. The first kappa shape index (κ1) is 16.5. The monoisotopic (exact) mass is 313 g/mol. The van der Waals surface area contributed by atoms with Crippen LogP contribution in [-0.2, 0) is 4.74 Å². The summed E-state index contributed by atoms with van der Waals surface area (Å²) >= 11 is 0. The van der Waals surface area contributed by atoms with E-state index in [2.05, 4.69) is 15.6 Å². The molecule has 0 aliphatic carbocycles. The molecule has 120 valence electrons. The van der Waals surface area contributed by atoms with Crippen molar-refractivity contribution >= 4 is 23.4 Å². The second-order valence-electron chi connectivity index (χ2n) is 5.87. The van der Waals surface area contributed by atoms with Gasteiger partial charge in [0.1, 0.15) is 11.3 Å². The van der Waals surface area contributed by atoms with Gasteiger partial charge >= 0.3 is 6.09 Å². The maximum absolute atomic E-state index is 12.0. The van der Waals surface area contributed by atoms with Crippen LogP contribution in [0.5, 0.6) is 0 Å². The quantitative estimate of drug-likeness (QED) is 0.905. The number of aromatic nitrogens is 1. The van der Waals surface area contributed by atoms with Gasteiger partial charge in [-0.1, -0.05) is 6.07 Å². The minimum Gasteiger partial charge on any atom is -0.444 e. The highest BCUT2D eigenvalue weighted by molar-refractivity contribution is 6.02. The summed E-state index contributed by atoms with van der Waals surface area (Å²) in [5.74, 6) is -0.293. The van der Waals surface area contributed by atoms with E-state index < -0.39 is 11.7 Å². The normalized spacial score (nSPS) is 10.7. The maximum atomic E-state index is 12.0. The minimum atomic E-state index is -0.555. The lowest BCUT2D eigenvalue weighted by molar-refractivity contribution is 0.0635. The van der Waals surface area contributed by atoms with Gasteiger partial charge in [-0.2, -0.15) is 0 Å². The average Bonchev–Trinajstić information content (AvgIpc) is 2.48. The van der Waals surface area contributed by atoms with E-state index in [1.54, 1.807) is 69.4 Å². The summed E-state index contributed by atoms with van der Waals surface area (Å²) in [4.78, 5) is 27.6. The number of ether oxygens (including phenoxy) is 1. The Morgan fingerprint density at radius 3 is 2.09 bits per heavy atom. The molecular weight excluding hydrogens is 294 g/mol. The third kappa shape index (κ3) is 5.43. The van der Waals surface area contributed by atoms with Crippen LogP contribution in [0.25, 0.3) is 0 Å². The van der Waals surface area contributed by atoms with Crippen molar-refractivity contribution in [3.05, 3.63) is 54.4 Å². The van der Waals surface area contributed by atoms with Crippen molar-refractivity contribution in [1.29, 1.82) is 0 Å². The number of rotatable bonds is 3. The van der Waals surface area contributed by atoms with Crippen molar-refractivity contribution in [3.63, 3.8) is 0 Å². The van der Waals surface area contributed by atoms with Crippen LogP contribution in [0.2, 0.25) is 0 Å². The largest absolute Gasteiger partial charge is 0.444 e. The maximum Gasteiger partial charge on any atom is 0.412 e. The lowest BCUT2D eigenvalue weighted by Crippen LogP contribution is -2.27. The van der Waals surface area contributed by atoms with Gasteiger partial charge in [0, 0.05) is 17.6 Å². The molecule has 2 aromatic rings. The zero-order chi connectivity index (χ0) is 16.9. The van der Waals surface area contributed by atoms with E-state index in [1.165, 1.54) is 0 Å². The number of nitrogens with one attached hydrogen (secondary N) is 2. The molecule has 1 aromatic carbocycles. The van der Waals surface area contributed by atoms with Crippen LogP contribution < -0.4 is 10.6 Å². The van der Waals surface area contributed by atoms with Gasteiger partial charge in [0.05, 0.1) is 0 Å². The second kappa shape index (κ2) is 6.91. The summed E-state index contributed by atoms with van der Waals surface area (Å²) in [6.07, 6.45) is 1.03. The zero-order valence-electron chi connectivity index (χ0n) is 13.3. The number of carbonyl (C=O) groups is 2. The topological polar surface area (TPSA) is 80.3 Å². The number of pyridine rings is 1. The Labute approximate surface area is 134 Å². The summed E-state index contributed by atoms with van der Waals surface area (Å²) in [7, 11) is 0. The molecule has 0 aliphatic heterocycles. The Balaban J connectivity index is 1.95. The number of carbonyl (C=O) groups excluding carboxylic acids is 2. The van der Waals surface area contributed by atoms with E-state index in [0.29, 0.717) is 17.1 Å². The van der Waals surface area contributed by atoms with E-state index in [1.807, 2.05) is 0 Å². The van der Waals surface area contributed by atoms with E-state index in [4.69, 9.17) is 4.74 Å². The average molecular weight is 313 g/mol. The molecule has 2 amide bonds. The summed E-state index contributed by atoms with van der Waals surface area (Å²) in [5, 5.41) is 5.36. The molecule has 0 saturated heterocycles. The highest BCUT2D eigenvalue weighted by Gasteiger charge is 2.16. The first-order valence-electron chi connectivity index (χ1n) is 7.16. The van der Waals surface area contributed by atoms with Gasteiger partial charge in [-0.3, -0.25) is 15.1 Å². The minimum absolute atomic E-state index is 0.293. The molecule has 2 rings (SSSR count). The van der Waals surface area contributed by atoms with Gasteiger partial charge < -0.3 is 10.1 Å². The number of amides is 2. The smallest absolute Gasteiger partial charge is 0.412 e. The van der Waals surface area contributed by atoms with Gasteiger partial charge in [0.15, 0.2) is 0 Å². The summed E-state index contributed by atoms with van der Waals surface area (Å²) in [5.41, 5.74) is 0.967. The van der Waals surface area contributed by atoms with Gasteiger partial charge in [-0.05, 0) is 57.2 Å². The van der Waals surface area contributed by atoms with E-state index in [0.717, 1.165) is 0 Å². The Morgan fingerprint density at radius 2 is 1.57 bits per heavy atom. The molecule has 0 saturated carbocycles. The van der Waals surface area contributed by atoms with Crippen molar-refractivity contribution in [2.24, 2.45) is 0 Å². The number of nitrogens with zero attached hydrogens (tertiary/aromatic N) is 1. The Morgan fingerprint density at radius 1 is 0.957 bits per heavy atom. The van der Waals surface area contributed by atoms with Crippen LogP contribution in [0, 0.1) is 0 Å². The standard InChI is InChI=1S/C17H19N3O3/c1-17(2,3)23-16(22)20-13-9-7-12(8-10-13)19-15(21)14-6-4-5-11-18-14/h4-11H,1-3H3,(H,19,21)(H,20,22). The van der Waals surface area contributed by atoms with Crippen LogP contribution in [0.4, 0.5) is 16.2 Å². The van der Waals surface area contributed by atoms with Crippen molar-refractivity contribution in [2.75, 3.05) is 10.6 Å². The van der Waals surface area contributed by atoms with Crippen LogP contribution in [0.3, 0.4) is 0 Å². The molecule has 0 atom stereocenters. The first-order valence-corrected chi connectivity index (χ1v) is 7.16. The fourth-order valence-electron chi connectivity index (χ4n) is 1.75. The summed E-state index contributed by atoms with van der Waals surface area (Å²) in [6, 6.07) is 11.9. The third-order valence-corrected chi connectivity index (χ3v) is 2.69. The Hall–Kier alpha value is -2.89. The molecule has 23 heavy (non-hydrogen) atoms. The van der Waals surface area contributed by atoms with E-state index in [-0.39, 0.29) is 5.91 Å². The Kier molecular flexibility index (Phi) is 4.95. The molecule has 1 heterocycles. The van der Waals surface area contributed by atoms with Crippen LogP contribution in [0.1, 0.15) is 31.3 Å². The van der Waals surface area contributed by atoms with Crippen LogP contribution >= 0.6 is 0 Å². The molecule has 0 spiro atoms. The van der Waals surface area contributed by atoms with Crippen molar-refractivity contribution in [2.45, 2.75) is 26.4 Å². The van der Waals surface area contributed by atoms with Crippen molar-refractivity contribution in [1.82, 2.24) is 4.98 Å². The highest BCUT2D eigenvalue weighted by Crippen LogP contribution is 2.16. The SMILES string of the molecule is CC(C)(C)OC(=O)Nc1ccc(NC(=O)c2ccccn2)cc1. The van der Waals surface area contributed by atoms with Crippen molar-refractivity contribution in [3.8, 4) is 0 Å². The molecule has 0 aliphatic rings. The Bertz CT molecular complexity index is 676. The fraction of sp³-hybridized carbons (Fsp3) is 0.235. The lowest BCUT2D eigenvalue weighted by atomic mass is 10.2. The number of hydrogen-bond acceptors (Lipinski definition) is 4.